The maximum Gasteiger partial charge on any atom is 0.387 e. The molecular formula is C12H18F8S. The lowest BCUT2D eigenvalue weighted by atomic mass is 10.1. The Morgan fingerprint density at radius 1 is 0.810 bits per heavy atom. The Hall–Kier alpha value is -0.210. The van der Waals surface area contributed by atoms with Crippen molar-refractivity contribution in [2.75, 3.05) is 5.75 Å². The second kappa shape index (κ2) is 8.43. The van der Waals surface area contributed by atoms with Gasteiger partial charge in [0.15, 0.2) is 0 Å². The van der Waals surface area contributed by atoms with Gasteiger partial charge in [-0.15, -0.1) is 0 Å². The van der Waals surface area contributed by atoms with E-state index in [1.807, 2.05) is 6.92 Å². The lowest BCUT2D eigenvalue weighted by Crippen LogP contribution is -2.56. The van der Waals surface area contributed by atoms with Crippen molar-refractivity contribution in [1.82, 2.24) is 0 Å². The molecule has 0 N–H and O–H groups in total. The zero-order valence-corrected chi connectivity index (χ0v) is 12.3. The van der Waals surface area contributed by atoms with Crippen molar-refractivity contribution in [3.8, 4) is 0 Å². The van der Waals surface area contributed by atoms with Gasteiger partial charge in [0.1, 0.15) is 0 Å². The molecular weight excluding hydrogens is 328 g/mol. The van der Waals surface area contributed by atoms with Crippen LogP contribution < -0.4 is 0 Å². The number of hydrogen-bond donors (Lipinski definition) is 0. The fourth-order valence-corrected chi connectivity index (χ4v) is 2.43. The minimum Gasteiger partial charge on any atom is -0.203 e. The SMILES string of the molecule is CCCCCCCCSC(F)(F)C(F)(F)C(F)(F)C(F)F. The standard InChI is InChI=1S/C12H18F8S/c1-2-3-4-5-6-7-8-21-12(19,20)11(17,18)10(15,16)9(13)14/h9H,2-8H2,1H3. The van der Waals surface area contributed by atoms with Gasteiger partial charge in [-0.05, 0) is 12.2 Å². The Balaban J connectivity index is 4.35. The summed E-state index contributed by atoms with van der Waals surface area (Å²) in [4.78, 5) is 0. The van der Waals surface area contributed by atoms with Crippen molar-refractivity contribution in [2.45, 2.75) is 69.0 Å². The Kier molecular flexibility index (Phi) is 8.35. The van der Waals surface area contributed by atoms with E-state index in [9.17, 15) is 35.1 Å². The number of unbranched alkanes of at least 4 members (excludes halogenated alkanes) is 5. The lowest BCUT2D eigenvalue weighted by Gasteiger charge is -2.31. The van der Waals surface area contributed by atoms with Crippen molar-refractivity contribution >= 4 is 11.8 Å². The number of hydrogen-bond acceptors (Lipinski definition) is 1. The molecule has 0 spiro atoms. The van der Waals surface area contributed by atoms with Crippen molar-refractivity contribution in [2.24, 2.45) is 0 Å². The Bertz CT molecular complexity index is 293. The van der Waals surface area contributed by atoms with E-state index >= 15 is 0 Å². The Morgan fingerprint density at radius 2 is 1.29 bits per heavy atom. The summed E-state index contributed by atoms with van der Waals surface area (Å²) >= 11 is -0.703. The van der Waals surface area contributed by atoms with Crippen molar-refractivity contribution in [3.63, 3.8) is 0 Å². The molecule has 0 aromatic heterocycles. The monoisotopic (exact) mass is 346 g/mol. The third-order valence-electron chi connectivity index (χ3n) is 2.84. The molecule has 9 heteroatoms. The van der Waals surface area contributed by atoms with Gasteiger partial charge in [-0.2, -0.15) is 26.3 Å². The molecule has 0 aliphatic heterocycles. The second-order valence-electron chi connectivity index (χ2n) is 4.63. The second-order valence-corrected chi connectivity index (χ2v) is 5.84. The zero-order valence-electron chi connectivity index (χ0n) is 11.5. The third kappa shape index (κ3) is 5.49. The molecule has 0 amide bonds. The molecule has 0 saturated carbocycles. The van der Waals surface area contributed by atoms with Gasteiger partial charge in [-0.25, -0.2) is 8.78 Å². The van der Waals surface area contributed by atoms with Gasteiger partial charge in [0.2, 0.25) is 0 Å². The number of rotatable bonds is 11. The minimum absolute atomic E-state index is 0.139. The highest BCUT2D eigenvalue weighted by Crippen LogP contribution is 2.53. The van der Waals surface area contributed by atoms with Crippen molar-refractivity contribution in [3.05, 3.63) is 0 Å². The highest BCUT2D eigenvalue weighted by Gasteiger charge is 2.75. The molecule has 0 radical (unpaired) electrons. The van der Waals surface area contributed by atoms with Gasteiger partial charge in [0.05, 0.1) is 0 Å². The van der Waals surface area contributed by atoms with E-state index in [1.165, 1.54) is 0 Å². The molecule has 0 bridgehead atoms. The summed E-state index contributed by atoms with van der Waals surface area (Å²) in [6, 6.07) is 0. The Morgan fingerprint density at radius 3 is 1.76 bits per heavy atom. The summed E-state index contributed by atoms with van der Waals surface area (Å²) < 4.78 is 101. The molecule has 128 valence electrons. The average molecular weight is 346 g/mol. The summed E-state index contributed by atoms with van der Waals surface area (Å²) in [5.41, 5.74) is 0. The van der Waals surface area contributed by atoms with Gasteiger partial charge < -0.3 is 0 Å². The van der Waals surface area contributed by atoms with Gasteiger partial charge in [0.25, 0.3) is 0 Å². The van der Waals surface area contributed by atoms with Gasteiger partial charge in [0, 0.05) is 0 Å². The van der Waals surface area contributed by atoms with Crippen molar-refractivity contribution in [1.29, 1.82) is 0 Å². The van der Waals surface area contributed by atoms with E-state index in [2.05, 4.69) is 0 Å². The largest absolute Gasteiger partial charge is 0.387 e. The molecule has 21 heavy (non-hydrogen) atoms. The van der Waals surface area contributed by atoms with E-state index in [1.54, 1.807) is 0 Å². The molecule has 0 aliphatic rings. The number of alkyl halides is 8. The van der Waals surface area contributed by atoms with E-state index in [0.717, 1.165) is 25.7 Å². The summed E-state index contributed by atoms with van der Waals surface area (Å²) in [5, 5.41) is -5.24. The molecule has 0 atom stereocenters. The number of halogens is 8. The summed E-state index contributed by atoms with van der Waals surface area (Å²) in [6.07, 6.45) is -0.682. The van der Waals surface area contributed by atoms with Crippen LogP contribution in [-0.2, 0) is 0 Å². The topological polar surface area (TPSA) is 0 Å². The molecule has 0 unspecified atom stereocenters. The molecule has 0 aromatic carbocycles. The van der Waals surface area contributed by atoms with Crippen LogP contribution in [0.4, 0.5) is 35.1 Å². The first-order valence-electron chi connectivity index (χ1n) is 6.56. The maximum absolute atomic E-state index is 13.1. The smallest absolute Gasteiger partial charge is 0.203 e. The lowest BCUT2D eigenvalue weighted by molar-refractivity contribution is -0.312. The highest BCUT2D eigenvalue weighted by molar-refractivity contribution is 8.00. The first-order chi connectivity index (χ1) is 9.50. The van der Waals surface area contributed by atoms with Crippen LogP contribution in [0.1, 0.15) is 45.4 Å². The van der Waals surface area contributed by atoms with Crippen LogP contribution in [-0.4, -0.2) is 29.3 Å². The molecule has 0 aliphatic carbocycles. The van der Waals surface area contributed by atoms with Crippen LogP contribution in [0, 0.1) is 0 Å². The van der Waals surface area contributed by atoms with Gasteiger partial charge in [-0.1, -0.05) is 50.8 Å². The van der Waals surface area contributed by atoms with Crippen LogP contribution in [0.15, 0.2) is 0 Å². The molecule has 0 nitrogen and oxygen atoms in total. The predicted octanol–water partition coefficient (Wildman–Crippen LogP) is 6.21. The first-order valence-corrected chi connectivity index (χ1v) is 7.54. The fourth-order valence-electron chi connectivity index (χ4n) is 1.50. The maximum atomic E-state index is 13.1. The zero-order chi connectivity index (χ0) is 16.7. The summed E-state index contributed by atoms with van der Waals surface area (Å²) in [6.45, 7) is 1.97. The molecule has 0 rings (SSSR count). The fraction of sp³-hybridized carbons (Fsp3) is 1.00. The molecule has 0 saturated heterocycles. The number of thioether (sulfide) groups is 1. The summed E-state index contributed by atoms with van der Waals surface area (Å²) in [7, 11) is 0. The van der Waals surface area contributed by atoms with Crippen LogP contribution in [0.2, 0.25) is 0 Å². The predicted molar refractivity (Wildman–Crippen MR) is 66.7 cm³/mol. The van der Waals surface area contributed by atoms with E-state index in [4.69, 9.17) is 0 Å². The van der Waals surface area contributed by atoms with Gasteiger partial charge in [-0.3, -0.25) is 0 Å². The molecule has 0 heterocycles. The van der Waals surface area contributed by atoms with Crippen LogP contribution >= 0.6 is 11.8 Å². The van der Waals surface area contributed by atoms with Crippen LogP contribution in [0.25, 0.3) is 0 Å². The third-order valence-corrected chi connectivity index (χ3v) is 3.95. The quantitative estimate of drug-likeness (QED) is 0.317. The van der Waals surface area contributed by atoms with Crippen LogP contribution in [0.5, 0.6) is 0 Å². The normalized spacial score (nSPS) is 14.0. The highest BCUT2D eigenvalue weighted by atomic mass is 32.2. The molecule has 0 fully saturated rings. The molecule has 0 aromatic rings. The van der Waals surface area contributed by atoms with Crippen LogP contribution in [0.3, 0.4) is 0 Å². The van der Waals surface area contributed by atoms with E-state index < -0.39 is 41.0 Å². The Labute approximate surface area is 122 Å². The first kappa shape index (κ1) is 20.8. The van der Waals surface area contributed by atoms with E-state index in [-0.39, 0.29) is 6.42 Å². The van der Waals surface area contributed by atoms with Crippen molar-refractivity contribution < 1.29 is 35.1 Å². The summed E-state index contributed by atoms with van der Waals surface area (Å²) in [5.74, 6) is -12.7. The average Bonchev–Trinajstić information content (AvgIpc) is 2.37. The minimum atomic E-state index is -6.10. The van der Waals surface area contributed by atoms with E-state index in [0.29, 0.717) is 6.42 Å². The van der Waals surface area contributed by atoms with Gasteiger partial charge >= 0.3 is 23.5 Å².